The van der Waals surface area contributed by atoms with Crippen LogP contribution in [0.15, 0.2) is 36.9 Å². The zero-order chi connectivity index (χ0) is 13.5. The average Bonchev–Trinajstić information content (AvgIpc) is 2.36. The van der Waals surface area contributed by atoms with Crippen molar-refractivity contribution in [3.63, 3.8) is 0 Å². The van der Waals surface area contributed by atoms with Gasteiger partial charge in [0.2, 0.25) is 0 Å². The third-order valence-corrected chi connectivity index (χ3v) is 2.46. The molecule has 0 unspecified atom stereocenters. The van der Waals surface area contributed by atoms with E-state index in [-0.39, 0.29) is 17.2 Å². The van der Waals surface area contributed by atoms with Crippen molar-refractivity contribution < 1.29 is 19.4 Å². The summed E-state index contributed by atoms with van der Waals surface area (Å²) in [5, 5.41) is 8.97. The number of ether oxygens (including phenoxy) is 1. The maximum absolute atomic E-state index is 11.8. The van der Waals surface area contributed by atoms with Crippen LogP contribution in [0.25, 0.3) is 0 Å². The van der Waals surface area contributed by atoms with Gasteiger partial charge in [-0.15, -0.1) is 6.58 Å². The summed E-state index contributed by atoms with van der Waals surface area (Å²) in [7, 11) is 0. The van der Waals surface area contributed by atoms with Crippen molar-refractivity contribution in [2.75, 3.05) is 0 Å². The molecule has 1 aromatic rings. The van der Waals surface area contributed by atoms with Crippen molar-refractivity contribution in [1.82, 2.24) is 0 Å². The molecular formula is C14H16O4. The topological polar surface area (TPSA) is 63.6 Å². The second-order valence-corrected chi connectivity index (χ2v) is 3.93. The fraction of sp³-hybridized carbons (Fsp3) is 0.286. The van der Waals surface area contributed by atoms with Gasteiger partial charge >= 0.3 is 11.9 Å². The molecule has 0 aliphatic heterocycles. The number of rotatable bonds is 6. The lowest BCUT2D eigenvalue weighted by atomic mass is 10.1. The molecule has 1 N–H and O–H groups in total. The molecule has 18 heavy (non-hydrogen) atoms. The number of carbonyl (C=O) groups is 2. The Bertz CT molecular complexity index is 451. The Morgan fingerprint density at radius 3 is 2.56 bits per heavy atom. The van der Waals surface area contributed by atoms with Crippen molar-refractivity contribution in [2.24, 2.45) is 0 Å². The standard InChI is InChI=1S/C14H16O4/c1-3-4-7-10(2)18-14(17)12-9-6-5-8-11(12)13(15)16/h3,5-6,8-10H,1,4,7H2,2H3,(H,15,16)/t10-/m1/s1. The Hall–Kier alpha value is -2.10. The molecule has 96 valence electrons. The van der Waals surface area contributed by atoms with Crippen LogP contribution in [-0.4, -0.2) is 23.1 Å². The Balaban J connectivity index is 2.78. The van der Waals surface area contributed by atoms with Gasteiger partial charge in [-0.2, -0.15) is 0 Å². The monoisotopic (exact) mass is 248 g/mol. The van der Waals surface area contributed by atoms with Crippen LogP contribution in [-0.2, 0) is 4.74 Å². The molecule has 0 radical (unpaired) electrons. The zero-order valence-electron chi connectivity index (χ0n) is 10.3. The van der Waals surface area contributed by atoms with E-state index in [9.17, 15) is 9.59 Å². The number of allylic oxidation sites excluding steroid dienone is 1. The van der Waals surface area contributed by atoms with Gasteiger partial charge in [-0.25, -0.2) is 9.59 Å². The van der Waals surface area contributed by atoms with Crippen LogP contribution in [0.1, 0.15) is 40.5 Å². The van der Waals surface area contributed by atoms with Crippen LogP contribution in [0.2, 0.25) is 0 Å². The van der Waals surface area contributed by atoms with Gasteiger partial charge in [0.15, 0.2) is 0 Å². The third-order valence-electron chi connectivity index (χ3n) is 2.46. The number of carboxylic acids is 1. The molecule has 0 aliphatic carbocycles. The minimum atomic E-state index is -1.14. The summed E-state index contributed by atoms with van der Waals surface area (Å²) in [5.74, 6) is -1.74. The molecule has 0 saturated carbocycles. The van der Waals surface area contributed by atoms with Crippen molar-refractivity contribution in [3.8, 4) is 0 Å². The molecule has 1 rings (SSSR count). The largest absolute Gasteiger partial charge is 0.478 e. The first-order valence-electron chi connectivity index (χ1n) is 5.70. The minimum absolute atomic E-state index is 0.0431. The van der Waals surface area contributed by atoms with E-state index in [1.54, 1.807) is 25.1 Å². The van der Waals surface area contributed by atoms with Crippen LogP contribution in [0.3, 0.4) is 0 Å². The van der Waals surface area contributed by atoms with E-state index >= 15 is 0 Å². The predicted molar refractivity (Wildman–Crippen MR) is 67.7 cm³/mol. The lowest BCUT2D eigenvalue weighted by molar-refractivity contribution is 0.0321. The smallest absolute Gasteiger partial charge is 0.339 e. The van der Waals surface area contributed by atoms with Gasteiger partial charge in [-0.3, -0.25) is 0 Å². The first-order chi connectivity index (χ1) is 8.56. The highest BCUT2D eigenvalue weighted by Gasteiger charge is 2.18. The molecule has 1 atom stereocenters. The zero-order valence-corrected chi connectivity index (χ0v) is 10.3. The summed E-state index contributed by atoms with van der Waals surface area (Å²) in [6.45, 7) is 5.36. The molecular weight excluding hydrogens is 232 g/mol. The fourth-order valence-corrected chi connectivity index (χ4v) is 1.51. The second-order valence-electron chi connectivity index (χ2n) is 3.93. The van der Waals surface area contributed by atoms with Crippen molar-refractivity contribution in [1.29, 1.82) is 0 Å². The first-order valence-corrected chi connectivity index (χ1v) is 5.70. The maximum Gasteiger partial charge on any atom is 0.339 e. The number of benzene rings is 1. The molecule has 0 bridgehead atoms. The van der Waals surface area contributed by atoms with Crippen LogP contribution in [0.5, 0.6) is 0 Å². The van der Waals surface area contributed by atoms with Gasteiger partial charge < -0.3 is 9.84 Å². The fourth-order valence-electron chi connectivity index (χ4n) is 1.51. The second kappa shape index (κ2) is 6.59. The molecule has 0 saturated heterocycles. The highest BCUT2D eigenvalue weighted by Crippen LogP contribution is 2.13. The van der Waals surface area contributed by atoms with E-state index in [0.717, 1.165) is 6.42 Å². The van der Waals surface area contributed by atoms with E-state index in [4.69, 9.17) is 9.84 Å². The minimum Gasteiger partial charge on any atom is -0.478 e. The predicted octanol–water partition coefficient (Wildman–Crippen LogP) is 2.90. The maximum atomic E-state index is 11.8. The Morgan fingerprint density at radius 1 is 1.39 bits per heavy atom. The lowest BCUT2D eigenvalue weighted by Crippen LogP contribution is -2.17. The van der Waals surface area contributed by atoms with Gasteiger partial charge in [0.25, 0.3) is 0 Å². The molecule has 0 amide bonds. The van der Waals surface area contributed by atoms with Crippen LogP contribution >= 0.6 is 0 Å². The van der Waals surface area contributed by atoms with E-state index in [0.29, 0.717) is 6.42 Å². The molecule has 0 fully saturated rings. The van der Waals surface area contributed by atoms with Crippen molar-refractivity contribution in [3.05, 3.63) is 48.0 Å². The SMILES string of the molecule is C=CCC[C@@H](C)OC(=O)c1ccccc1C(=O)O. The summed E-state index contributed by atoms with van der Waals surface area (Å²) < 4.78 is 5.18. The normalized spacial score (nSPS) is 11.6. The van der Waals surface area contributed by atoms with E-state index < -0.39 is 11.9 Å². The lowest BCUT2D eigenvalue weighted by Gasteiger charge is -2.13. The van der Waals surface area contributed by atoms with Gasteiger partial charge in [-0.1, -0.05) is 18.2 Å². The number of carbonyl (C=O) groups excluding carboxylic acids is 1. The Kier molecular flexibility index (Phi) is 5.11. The number of carboxylic acid groups (broad SMARTS) is 1. The number of hydrogen-bond acceptors (Lipinski definition) is 3. The van der Waals surface area contributed by atoms with Crippen molar-refractivity contribution in [2.45, 2.75) is 25.9 Å². The average molecular weight is 248 g/mol. The van der Waals surface area contributed by atoms with Gasteiger partial charge in [0.05, 0.1) is 17.2 Å². The van der Waals surface area contributed by atoms with Crippen LogP contribution in [0.4, 0.5) is 0 Å². The highest BCUT2D eigenvalue weighted by atomic mass is 16.5. The molecule has 0 aromatic heterocycles. The molecule has 0 heterocycles. The summed E-state index contributed by atoms with van der Waals surface area (Å²) in [6.07, 6.45) is 2.90. The molecule has 4 heteroatoms. The highest BCUT2D eigenvalue weighted by molar-refractivity contribution is 6.02. The molecule has 0 aliphatic rings. The van der Waals surface area contributed by atoms with Crippen molar-refractivity contribution >= 4 is 11.9 Å². The Labute approximate surface area is 106 Å². The molecule has 0 spiro atoms. The number of hydrogen-bond donors (Lipinski definition) is 1. The number of aromatic carboxylic acids is 1. The van der Waals surface area contributed by atoms with E-state index in [1.165, 1.54) is 12.1 Å². The number of esters is 1. The van der Waals surface area contributed by atoms with E-state index in [1.807, 2.05) is 0 Å². The van der Waals surface area contributed by atoms with Crippen LogP contribution in [0, 0.1) is 0 Å². The van der Waals surface area contributed by atoms with Crippen LogP contribution < -0.4 is 0 Å². The summed E-state index contributed by atoms with van der Waals surface area (Å²) in [4.78, 5) is 22.8. The molecule has 1 aromatic carbocycles. The first kappa shape index (κ1) is 14.0. The van der Waals surface area contributed by atoms with Gasteiger partial charge in [0.1, 0.15) is 0 Å². The summed E-state index contributed by atoms with van der Waals surface area (Å²) >= 11 is 0. The summed E-state index contributed by atoms with van der Waals surface area (Å²) in [6, 6.07) is 6.01. The van der Waals surface area contributed by atoms with E-state index in [2.05, 4.69) is 6.58 Å². The quantitative estimate of drug-likeness (QED) is 0.621. The third kappa shape index (κ3) is 3.73. The Morgan fingerprint density at radius 2 is 2.00 bits per heavy atom. The van der Waals surface area contributed by atoms with Gasteiger partial charge in [0, 0.05) is 0 Å². The molecule has 4 nitrogen and oxygen atoms in total. The van der Waals surface area contributed by atoms with Gasteiger partial charge in [-0.05, 0) is 31.9 Å². The summed E-state index contributed by atoms with van der Waals surface area (Å²) in [5.41, 5.74) is 0.0360.